The summed E-state index contributed by atoms with van der Waals surface area (Å²) in [7, 11) is 0. The molecule has 4 aliphatic rings. The molecule has 0 aromatic carbocycles. The molecule has 0 radical (unpaired) electrons. The molecule has 0 heteroatoms. The molecule has 0 aromatic rings. The topological polar surface area (TPSA) is 0 Å². The van der Waals surface area contributed by atoms with E-state index in [2.05, 4.69) is 6.92 Å². The lowest BCUT2D eigenvalue weighted by atomic mass is 9.88. The first kappa shape index (κ1) is 4.79. The number of hydrogen-bond acceptors (Lipinski definition) is 0. The SMILES string of the molecule is C[C@@]12CC1C1CC2C2CC21. The summed E-state index contributed by atoms with van der Waals surface area (Å²) >= 11 is 0. The molecule has 0 spiro atoms. The lowest BCUT2D eigenvalue weighted by molar-refractivity contribution is 0.313. The van der Waals surface area contributed by atoms with E-state index in [9.17, 15) is 0 Å². The molecule has 0 heterocycles. The first-order valence-corrected chi connectivity index (χ1v) is 4.81. The van der Waals surface area contributed by atoms with Crippen molar-refractivity contribution >= 4 is 0 Å². The van der Waals surface area contributed by atoms with Crippen molar-refractivity contribution in [3.05, 3.63) is 0 Å². The molecule has 4 aliphatic carbocycles. The fraction of sp³-hybridized carbons (Fsp3) is 1.00. The Labute approximate surface area is 62.0 Å². The van der Waals surface area contributed by atoms with Crippen LogP contribution in [0.4, 0.5) is 0 Å². The van der Waals surface area contributed by atoms with Crippen molar-refractivity contribution < 1.29 is 0 Å². The molecular weight excluding hydrogens is 120 g/mol. The van der Waals surface area contributed by atoms with E-state index in [1.807, 2.05) is 0 Å². The zero-order valence-electron chi connectivity index (χ0n) is 6.51. The van der Waals surface area contributed by atoms with Crippen LogP contribution in [0.2, 0.25) is 0 Å². The van der Waals surface area contributed by atoms with Crippen molar-refractivity contribution in [2.45, 2.75) is 26.2 Å². The highest BCUT2D eigenvalue weighted by molar-refractivity contribution is 5.24. The number of rotatable bonds is 0. The Balaban J connectivity index is 1.90. The molecule has 4 rings (SSSR count). The van der Waals surface area contributed by atoms with Crippen LogP contribution in [-0.2, 0) is 0 Å². The van der Waals surface area contributed by atoms with E-state index in [0.717, 1.165) is 5.41 Å². The first-order valence-electron chi connectivity index (χ1n) is 4.81. The first-order chi connectivity index (χ1) is 4.81. The molecule has 4 fully saturated rings. The normalized spacial score (nSPS) is 80.7. The Hall–Kier alpha value is 0. The van der Waals surface area contributed by atoms with Gasteiger partial charge in [0.05, 0.1) is 0 Å². The minimum Gasteiger partial charge on any atom is -0.0591 e. The molecule has 2 bridgehead atoms. The summed E-state index contributed by atoms with van der Waals surface area (Å²) in [6.07, 6.45) is 4.87. The summed E-state index contributed by atoms with van der Waals surface area (Å²) in [5.41, 5.74) is 0.891. The summed E-state index contributed by atoms with van der Waals surface area (Å²) in [5.74, 6) is 6.10. The van der Waals surface area contributed by atoms with Gasteiger partial charge in [-0.25, -0.2) is 0 Å². The molecule has 0 aromatic heterocycles. The summed E-state index contributed by atoms with van der Waals surface area (Å²) in [5, 5.41) is 0. The fourth-order valence-corrected chi connectivity index (χ4v) is 4.54. The second kappa shape index (κ2) is 1.00. The van der Waals surface area contributed by atoms with Gasteiger partial charge in [-0.1, -0.05) is 6.92 Å². The molecule has 10 heavy (non-hydrogen) atoms. The highest BCUT2D eigenvalue weighted by Gasteiger charge is 2.76. The smallest absolute Gasteiger partial charge is 0.0260 e. The van der Waals surface area contributed by atoms with Gasteiger partial charge < -0.3 is 0 Å². The molecule has 0 aliphatic heterocycles. The lowest BCUT2D eigenvalue weighted by Crippen LogP contribution is -2.11. The minimum atomic E-state index is 0.891. The van der Waals surface area contributed by atoms with Crippen molar-refractivity contribution in [3.8, 4) is 0 Å². The fourth-order valence-electron chi connectivity index (χ4n) is 4.54. The van der Waals surface area contributed by atoms with Crippen LogP contribution in [0, 0.1) is 35.0 Å². The Kier molecular flexibility index (Phi) is 0.479. The van der Waals surface area contributed by atoms with Crippen molar-refractivity contribution in [2.24, 2.45) is 35.0 Å². The molecule has 4 saturated carbocycles. The minimum absolute atomic E-state index is 0.891. The van der Waals surface area contributed by atoms with E-state index in [1.165, 1.54) is 29.6 Å². The maximum atomic E-state index is 2.55. The summed E-state index contributed by atoms with van der Waals surface area (Å²) < 4.78 is 0. The van der Waals surface area contributed by atoms with E-state index in [4.69, 9.17) is 0 Å². The van der Waals surface area contributed by atoms with Crippen LogP contribution in [0.3, 0.4) is 0 Å². The van der Waals surface area contributed by atoms with Crippen LogP contribution in [0.1, 0.15) is 26.2 Å². The summed E-state index contributed by atoms with van der Waals surface area (Å²) in [6.45, 7) is 2.55. The maximum absolute atomic E-state index is 2.55. The third kappa shape index (κ3) is 0.286. The van der Waals surface area contributed by atoms with Crippen LogP contribution in [-0.4, -0.2) is 0 Å². The molecular formula is C10H14. The zero-order chi connectivity index (χ0) is 6.51. The average molecular weight is 134 g/mol. The van der Waals surface area contributed by atoms with E-state index >= 15 is 0 Å². The van der Waals surface area contributed by atoms with Gasteiger partial charge in [-0.05, 0) is 54.3 Å². The van der Waals surface area contributed by atoms with Crippen LogP contribution < -0.4 is 0 Å². The van der Waals surface area contributed by atoms with Crippen molar-refractivity contribution in [2.75, 3.05) is 0 Å². The van der Waals surface area contributed by atoms with Crippen LogP contribution in [0.15, 0.2) is 0 Å². The monoisotopic (exact) mass is 134 g/mol. The quantitative estimate of drug-likeness (QED) is 0.477. The maximum Gasteiger partial charge on any atom is -0.0260 e. The molecule has 6 atom stereocenters. The van der Waals surface area contributed by atoms with Gasteiger partial charge in [-0.3, -0.25) is 0 Å². The van der Waals surface area contributed by atoms with Gasteiger partial charge in [0.15, 0.2) is 0 Å². The van der Waals surface area contributed by atoms with Crippen LogP contribution >= 0.6 is 0 Å². The average Bonchev–Trinajstić information content (AvgIpc) is 2.76. The second-order valence-corrected chi connectivity index (χ2v) is 5.39. The van der Waals surface area contributed by atoms with Crippen molar-refractivity contribution in [1.82, 2.24) is 0 Å². The van der Waals surface area contributed by atoms with E-state index < -0.39 is 0 Å². The number of fused-ring (bicyclic) bond motifs is 8. The summed E-state index contributed by atoms with van der Waals surface area (Å²) in [6, 6.07) is 0. The van der Waals surface area contributed by atoms with Gasteiger partial charge in [0.25, 0.3) is 0 Å². The van der Waals surface area contributed by atoms with Crippen molar-refractivity contribution in [1.29, 1.82) is 0 Å². The van der Waals surface area contributed by atoms with Crippen LogP contribution in [0.5, 0.6) is 0 Å². The number of hydrogen-bond donors (Lipinski definition) is 0. The molecule has 0 saturated heterocycles. The third-order valence-electron chi connectivity index (χ3n) is 5.19. The largest absolute Gasteiger partial charge is 0.0591 e. The zero-order valence-corrected chi connectivity index (χ0v) is 6.51. The van der Waals surface area contributed by atoms with Crippen LogP contribution in [0.25, 0.3) is 0 Å². The van der Waals surface area contributed by atoms with Gasteiger partial charge in [0, 0.05) is 0 Å². The highest BCUT2D eigenvalue weighted by atomic mass is 14.8. The predicted octanol–water partition coefficient (Wildman–Crippen LogP) is 2.30. The highest BCUT2D eigenvalue weighted by Crippen LogP contribution is 2.83. The third-order valence-corrected chi connectivity index (χ3v) is 5.19. The van der Waals surface area contributed by atoms with Crippen molar-refractivity contribution in [3.63, 3.8) is 0 Å². The molecule has 0 N–H and O–H groups in total. The summed E-state index contributed by atoms with van der Waals surface area (Å²) in [4.78, 5) is 0. The molecule has 0 amide bonds. The van der Waals surface area contributed by atoms with Gasteiger partial charge in [0.2, 0.25) is 0 Å². The van der Waals surface area contributed by atoms with Gasteiger partial charge in [-0.15, -0.1) is 0 Å². The standard InChI is InChI=1S/C10H14/c1-10-4-9(10)7-3-8(10)6-2-5(6)7/h5-9H,2-4H2,1H3/t5?,6?,7?,8?,9?,10-/m0/s1. The van der Waals surface area contributed by atoms with Gasteiger partial charge in [0.1, 0.15) is 0 Å². The molecule has 54 valence electrons. The molecule has 0 nitrogen and oxygen atoms in total. The van der Waals surface area contributed by atoms with E-state index in [-0.39, 0.29) is 0 Å². The Morgan fingerprint density at radius 3 is 2.50 bits per heavy atom. The second-order valence-electron chi connectivity index (χ2n) is 5.39. The predicted molar refractivity (Wildman–Crippen MR) is 39.4 cm³/mol. The van der Waals surface area contributed by atoms with E-state index in [0.29, 0.717) is 0 Å². The van der Waals surface area contributed by atoms with E-state index in [1.54, 1.807) is 19.3 Å². The van der Waals surface area contributed by atoms with Gasteiger partial charge in [-0.2, -0.15) is 0 Å². The lowest BCUT2D eigenvalue weighted by Gasteiger charge is -2.16. The Morgan fingerprint density at radius 2 is 1.80 bits per heavy atom. The molecule has 5 unspecified atom stereocenters. The van der Waals surface area contributed by atoms with Gasteiger partial charge >= 0.3 is 0 Å². The Morgan fingerprint density at radius 1 is 1.00 bits per heavy atom. The Bertz CT molecular complexity index is 220.